The molecule has 1 aliphatic rings. The van der Waals surface area contributed by atoms with Gasteiger partial charge in [-0.2, -0.15) is 0 Å². The van der Waals surface area contributed by atoms with Gasteiger partial charge in [-0.1, -0.05) is 17.7 Å². The lowest BCUT2D eigenvalue weighted by Crippen LogP contribution is -2.49. The van der Waals surface area contributed by atoms with Crippen LogP contribution in [0.5, 0.6) is 0 Å². The maximum atomic E-state index is 12.6. The molecule has 1 saturated heterocycles. The van der Waals surface area contributed by atoms with E-state index in [1.165, 1.54) is 6.20 Å². The van der Waals surface area contributed by atoms with E-state index in [4.69, 9.17) is 16.3 Å². The Morgan fingerprint density at radius 3 is 2.69 bits per heavy atom. The number of rotatable bonds is 6. The first kappa shape index (κ1) is 18.4. The Morgan fingerprint density at radius 2 is 2.04 bits per heavy atom. The van der Waals surface area contributed by atoms with Crippen LogP contribution in [0.2, 0.25) is 5.02 Å². The minimum atomic E-state index is -0.0910. The molecule has 26 heavy (non-hydrogen) atoms. The molecular weight excluding hydrogens is 354 g/mol. The van der Waals surface area contributed by atoms with Gasteiger partial charge in [0.05, 0.1) is 19.0 Å². The molecule has 0 unspecified atom stereocenters. The number of hydrogen-bond donors (Lipinski definition) is 1. The molecule has 2 aromatic rings. The zero-order chi connectivity index (χ0) is 18.4. The molecular formula is C18H22ClN5O2. The Kier molecular flexibility index (Phi) is 6.25. The van der Waals surface area contributed by atoms with Crippen molar-refractivity contribution in [1.82, 2.24) is 14.9 Å². The fraction of sp³-hybridized carbons (Fsp3) is 0.389. The van der Waals surface area contributed by atoms with Crippen molar-refractivity contribution >= 4 is 29.0 Å². The Bertz CT molecular complexity index is 733. The number of ether oxygens (including phenoxy) is 1. The normalized spacial score (nSPS) is 14.4. The quantitative estimate of drug-likeness (QED) is 0.780. The van der Waals surface area contributed by atoms with Gasteiger partial charge < -0.3 is 19.9 Å². The summed E-state index contributed by atoms with van der Waals surface area (Å²) in [6.07, 6.45) is 3.09. The predicted molar refractivity (Wildman–Crippen MR) is 102 cm³/mol. The molecule has 1 amide bonds. The lowest BCUT2D eigenvalue weighted by molar-refractivity contribution is 0.0740. The van der Waals surface area contributed by atoms with E-state index in [9.17, 15) is 4.79 Å². The van der Waals surface area contributed by atoms with E-state index >= 15 is 0 Å². The molecule has 0 bridgehead atoms. The maximum absolute atomic E-state index is 12.6. The molecule has 1 aliphatic heterocycles. The second-order valence-electron chi connectivity index (χ2n) is 5.97. The highest BCUT2D eigenvalue weighted by Crippen LogP contribution is 2.21. The molecule has 1 fully saturated rings. The number of nitrogens with zero attached hydrogens (tertiary/aromatic N) is 4. The van der Waals surface area contributed by atoms with Crippen molar-refractivity contribution in [2.24, 2.45) is 0 Å². The average molecular weight is 376 g/mol. The maximum Gasteiger partial charge on any atom is 0.274 e. The van der Waals surface area contributed by atoms with Crippen molar-refractivity contribution < 1.29 is 9.53 Å². The molecule has 7 nitrogen and oxygen atoms in total. The number of methoxy groups -OCH3 is 1. The minimum Gasteiger partial charge on any atom is -0.383 e. The number of hydrogen-bond acceptors (Lipinski definition) is 6. The van der Waals surface area contributed by atoms with Gasteiger partial charge >= 0.3 is 0 Å². The van der Waals surface area contributed by atoms with Crippen LogP contribution in [0.4, 0.5) is 11.5 Å². The Labute approximate surface area is 157 Å². The number of aromatic nitrogens is 2. The molecule has 2 heterocycles. The highest BCUT2D eigenvalue weighted by atomic mass is 35.5. The Morgan fingerprint density at radius 1 is 1.23 bits per heavy atom. The van der Waals surface area contributed by atoms with E-state index in [0.717, 1.165) is 23.8 Å². The van der Waals surface area contributed by atoms with Crippen molar-refractivity contribution in [3.05, 3.63) is 47.4 Å². The van der Waals surface area contributed by atoms with E-state index in [-0.39, 0.29) is 5.91 Å². The lowest BCUT2D eigenvalue weighted by atomic mass is 10.2. The van der Waals surface area contributed by atoms with Gasteiger partial charge in [-0.05, 0) is 18.2 Å². The van der Waals surface area contributed by atoms with Gasteiger partial charge in [-0.25, -0.2) is 9.97 Å². The van der Waals surface area contributed by atoms with Crippen LogP contribution in [0.1, 0.15) is 10.5 Å². The van der Waals surface area contributed by atoms with Crippen molar-refractivity contribution in [2.45, 2.75) is 0 Å². The fourth-order valence-electron chi connectivity index (χ4n) is 2.81. The number of benzene rings is 1. The van der Waals surface area contributed by atoms with Crippen molar-refractivity contribution in [2.75, 3.05) is 56.7 Å². The topological polar surface area (TPSA) is 70.6 Å². The SMILES string of the molecule is COCCNc1cnc(C(=O)N2CCN(c3cccc(Cl)c3)CC2)cn1. The summed E-state index contributed by atoms with van der Waals surface area (Å²) in [6.45, 7) is 4.03. The van der Waals surface area contributed by atoms with Crippen molar-refractivity contribution in [3.8, 4) is 0 Å². The summed E-state index contributed by atoms with van der Waals surface area (Å²) < 4.78 is 4.97. The van der Waals surface area contributed by atoms with Crippen molar-refractivity contribution in [1.29, 1.82) is 0 Å². The first-order valence-corrected chi connectivity index (χ1v) is 8.90. The fourth-order valence-corrected chi connectivity index (χ4v) is 3.00. The molecule has 3 rings (SSSR count). The van der Waals surface area contributed by atoms with Crippen LogP contribution in [-0.4, -0.2) is 67.2 Å². The van der Waals surface area contributed by atoms with Gasteiger partial charge in [-0.15, -0.1) is 0 Å². The summed E-state index contributed by atoms with van der Waals surface area (Å²) in [6, 6.07) is 7.77. The van der Waals surface area contributed by atoms with E-state index in [1.54, 1.807) is 13.3 Å². The molecule has 0 aliphatic carbocycles. The number of amides is 1. The van der Waals surface area contributed by atoms with Crippen LogP contribution >= 0.6 is 11.6 Å². The highest BCUT2D eigenvalue weighted by molar-refractivity contribution is 6.30. The molecule has 0 radical (unpaired) electrons. The zero-order valence-corrected chi connectivity index (χ0v) is 15.4. The number of nitrogens with one attached hydrogen (secondary N) is 1. The smallest absolute Gasteiger partial charge is 0.274 e. The van der Waals surface area contributed by atoms with E-state index in [1.807, 2.05) is 29.2 Å². The van der Waals surface area contributed by atoms with Crippen LogP contribution in [-0.2, 0) is 4.74 Å². The number of carbonyl (C=O) groups excluding carboxylic acids is 1. The van der Waals surface area contributed by atoms with Gasteiger partial charge in [0.15, 0.2) is 0 Å². The van der Waals surface area contributed by atoms with Gasteiger partial charge in [-0.3, -0.25) is 4.79 Å². The standard InChI is InChI=1S/C18H22ClN5O2/c1-26-10-5-20-17-13-21-16(12-22-17)18(25)24-8-6-23(7-9-24)15-4-2-3-14(19)11-15/h2-4,11-13H,5-10H2,1H3,(H,20,22). The molecule has 1 N–H and O–H groups in total. The highest BCUT2D eigenvalue weighted by Gasteiger charge is 2.23. The van der Waals surface area contributed by atoms with Gasteiger partial charge in [0, 0.05) is 50.5 Å². The second kappa shape index (κ2) is 8.82. The van der Waals surface area contributed by atoms with E-state index < -0.39 is 0 Å². The molecule has 0 atom stereocenters. The van der Waals surface area contributed by atoms with E-state index in [2.05, 4.69) is 20.2 Å². The molecule has 138 valence electrons. The number of carbonyl (C=O) groups is 1. The number of piperazine rings is 1. The summed E-state index contributed by atoms with van der Waals surface area (Å²) in [5, 5.41) is 3.80. The van der Waals surface area contributed by atoms with Crippen LogP contribution in [0.3, 0.4) is 0 Å². The summed E-state index contributed by atoms with van der Waals surface area (Å²) >= 11 is 6.06. The van der Waals surface area contributed by atoms with Gasteiger partial charge in [0.1, 0.15) is 11.5 Å². The summed E-state index contributed by atoms with van der Waals surface area (Å²) in [5.74, 6) is 0.538. The molecule has 0 spiro atoms. The molecule has 1 aromatic carbocycles. The number of halogens is 1. The van der Waals surface area contributed by atoms with Crippen LogP contribution in [0.15, 0.2) is 36.7 Å². The lowest BCUT2D eigenvalue weighted by Gasteiger charge is -2.36. The summed E-state index contributed by atoms with van der Waals surface area (Å²) in [5.41, 5.74) is 1.44. The zero-order valence-electron chi connectivity index (χ0n) is 14.7. The number of anilines is 2. The van der Waals surface area contributed by atoms with Gasteiger partial charge in [0.2, 0.25) is 0 Å². The molecule has 0 saturated carbocycles. The largest absolute Gasteiger partial charge is 0.383 e. The van der Waals surface area contributed by atoms with Gasteiger partial charge in [0.25, 0.3) is 5.91 Å². The molecule has 1 aromatic heterocycles. The average Bonchev–Trinajstić information content (AvgIpc) is 2.68. The van der Waals surface area contributed by atoms with Crippen LogP contribution < -0.4 is 10.2 Å². The van der Waals surface area contributed by atoms with Crippen LogP contribution in [0.25, 0.3) is 0 Å². The Balaban J connectivity index is 1.54. The third kappa shape index (κ3) is 4.62. The van der Waals surface area contributed by atoms with E-state index in [0.29, 0.717) is 37.8 Å². The first-order valence-electron chi connectivity index (χ1n) is 8.52. The minimum absolute atomic E-state index is 0.0910. The van der Waals surface area contributed by atoms with Crippen LogP contribution in [0, 0.1) is 0 Å². The summed E-state index contributed by atoms with van der Waals surface area (Å²) in [7, 11) is 1.64. The third-order valence-corrected chi connectivity index (χ3v) is 4.46. The van der Waals surface area contributed by atoms with Crippen molar-refractivity contribution in [3.63, 3.8) is 0 Å². The first-order chi connectivity index (χ1) is 12.7. The Hall–Kier alpha value is -2.38. The summed E-state index contributed by atoms with van der Waals surface area (Å²) in [4.78, 5) is 25.1. The molecule has 8 heteroatoms. The monoisotopic (exact) mass is 375 g/mol. The third-order valence-electron chi connectivity index (χ3n) is 4.22. The predicted octanol–water partition coefficient (Wildman–Crippen LogP) is 2.15. The second-order valence-corrected chi connectivity index (χ2v) is 6.40.